The number of amides is 1. The number of rotatable bonds is 3. The zero-order chi connectivity index (χ0) is 20.4. The summed E-state index contributed by atoms with van der Waals surface area (Å²) < 4.78 is 1.48. The van der Waals surface area contributed by atoms with Crippen molar-refractivity contribution < 1.29 is 4.79 Å². The van der Waals surface area contributed by atoms with Crippen LogP contribution in [-0.4, -0.2) is 10.5 Å². The number of carbonyl (C=O) groups is 1. The average molecular weight is 383 g/mol. The minimum absolute atomic E-state index is 0.0940. The molecule has 1 N–H and O–H groups in total. The summed E-state index contributed by atoms with van der Waals surface area (Å²) in [4.78, 5) is 26.1. The van der Waals surface area contributed by atoms with Gasteiger partial charge in [-0.15, -0.1) is 0 Å². The smallest absolute Gasteiger partial charge is 0.268 e. The highest BCUT2D eigenvalue weighted by Crippen LogP contribution is 2.29. The van der Waals surface area contributed by atoms with E-state index in [2.05, 4.69) is 17.5 Å². The van der Waals surface area contributed by atoms with Gasteiger partial charge in [0, 0.05) is 5.69 Å². The fourth-order valence-electron chi connectivity index (χ4n) is 3.98. The van der Waals surface area contributed by atoms with Crippen molar-refractivity contribution in [2.75, 3.05) is 0 Å². The minimum Gasteiger partial charge on any atom is -0.345 e. The van der Waals surface area contributed by atoms with Gasteiger partial charge in [0.15, 0.2) is 0 Å². The van der Waals surface area contributed by atoms with Gasteiger partial charge in [-0.2, -0.15) is 5.26 Å². The van der Waals surface area contributed by atoms with E-state index in [1.165, 1.54) is 10.1 Å². The Morgan fingerprint density at radius 3 is 2.79 bits per heavy atom. The number of pyridine rings is 1. The van der Waals surface area contributed by atoms with E-state index in [0.717, 1.165) is 24.8 Å². The quantitative estimate of drug-likeness (QED) is 0.747. The van der Waals surface area contributed by atoms with Crippen molar-refractivity contribution in [3.8, 4) is 11.8 Å². The molecule has 0 aliphatic heterocycles. The Kier molecular flexibility index (Phi) is 5.01. The first-order valence-electron chi connectivity index (χ1n) is 9.70. The second-order valence-corrected chi connectivity index (χ2v) is 7.31. The number of nitrogens with one attached hydrogen (secondary N) is 1. The topological polar surface area (TPSA) is 74.9 Å². The molecule has 0 bridgehead atoms. The van der Waals surface area contributed by atoms with E-state index in [-0.39, 0.29) is 23.1 Å². The highest BCUT2D eigenvalue weighted by atomic mass is 16.2. The van der Waals surface area contributed by atoms with Crippen LogP contribution < -0.4 is 10.9 Å². The minimum atomic E-state index is -0.387. The number of hydrogen-bond acceptors (Lipinski definition) is 3. The van der Waals surface area contributed by atoms with Crippen LogP contribution in [0, 0.1) is 18.3 Å². The van der Waals surface area contributed by atoms with Gasteiger partial charge in [0.1, 0.15) is 5.56 Å². The van der Waals surface area contributed by atoms with Gasteiger partial charge in [-0.25, -0.2) is 0 Å². The molecule has 1 aliphatic rings. The van der Waals surface area contributed by atoms with E-state index < -0.39 is 0 Å². The lowest BCUT2D eigenvalue weighted by molar-refractivity contribution is 0.0931. The van der Waals surface area contributed by atoms with Gasteiger partial charge in [0.25, 0.3) is 11.5 Å². The fourth-order valence-corrected chi connectivity index (χ4v) is 3.98. The molecule has 1 atom stereocenters. The van der Waals surface area contributed by atoms with E-state index in [1.54, 1.807) is 43.3 Å². The lowest BCUT2D eigenvalue weighted by Gasteiger charge is -2.26. The van der Waals surface area contributed by atoms with Crippen LogP contribution in [0.4, 0.5) is 0 Å². The van der Waals surface area contributed by atoms with Gasteiger partial charge in [0.05, 0.1) is 23.4 Å². The van der Waals surface area contributed by atoms with Gasteiger partial charge in [0.2, 0.25) is 0 Å². The van der Waals surface area contributed by atoms with Crippen LogP contribution in [0.25, 0.3) is 5.69 Å². The van der Waals surface area contributed by atoms with Crippen LogP contribution >= 0.6 is 0 Å². The maximum absolute atomic E-state index is 13.1. The molecule has 0 spiro atoms. The lowest BCUT2D eigenvalue weighted by Crippen LogP contribution is -2.36. The molecule has 5 heteroatoms. The van der Waals surface area contributed by atoms with E-state index in [1.807, 2.05) is 18.2 Å². The second-order valence-electron chi connectivity index (χ2n) is 7.31. The van der Waals surface area contributed by atoms with E-state index in [0.29, 0.717) is 16.9 Å². The molecule has 1 heterocycles. The van der Waals surface area contributed by atoms with Crippen LogP contribution in [0.1, 0.15) is 51.6 Å². The first kappa shape index (κ1) is 18.7. The maximum atomic E-state index is 13.1. The Balaban J connectivity index is 1.69. The highest BCUT2D eigenvalue weighted by Gasteiger charge is 2.23. The van der Waals surface area contributed by atoms with Crippen LogP contribution in [0.3, 0.4) is 0 Å². The Bertz CT molecular complexity index is 1190. The van der Waals surface area contributed by atoms with Crippen LogP contribution in [0.5, 0.6) is 0 Å². The van der Waals surface area contributed by atoms with Crippen molar-refractivity contribution in [1.82, 2.24) is 9.88 Å². The van der Waals surface area contributed by atoms with Crippen molar-refractivity contribution in [3.63, 3.8) is 0 Å². The normalized spacial score (nSPS) is 15.2. The molecule has 0 fully saturated rings. The van der Waals surface area contributed by atoms with Gasteiger partial charge in [-0.1, -0.05) is 30.3 Å². The molecule has 4 rings (SSSR count). The SMILES string of the molecule is Cc1ccc(C(=O)NC2CCCc3ccccc32)c(=O)n1-c1cccc(C#N)c1. The maximum Gasteiger partial charge on any atom is 0.268 e. The summed E-state index contributed by atoms with van der Waals surface area (Å²) in [6.07, 6.45) is 2.86. The molecule has 29 heavy (non-hydrogen) atoms. The van der Waals surface area contributed by atoms with Crippen LogP contribution in [-0.2, 0) is 6.42 Å². The number of carbonyl (C=O) groups excluding carboxylic acids is 1. The van der Waals surface area contributed by atoms with Crippen LogP contribution in [0.15, 0.2) is 65.5 Å². The molecule has 3 aromatic rings. The number of fused-ring (bicyclic) bond motifs is 1. The summed E-state index contributed by atoms with van der Waals surface area (Å²) in [6, 6.07) is 20.3. The Hall–Kier alpha value is -3.65. The van der Waals surface area contributed by atoms with E-state index in [4.69, 9.17) is 5.26 Å². The lowest BCUT2D eigenvalue weighted by atomic mass is 9.87. The molecule has 1 unspecified atom stereocenters. The number of nitrogens with zero attached hydrogens (tertiary/aromatic N) is 2. The van der Waals surface area contributed by atoms with Crippen molar-refractivity contribution in [3.05, 3.63) is 99.0 Å². The highest BCUT2D eigenvalue weighted by molar-refractivity contribution is 5.94. The monoisotopic (exact) mass is 383 g/mol. The third-order valence-electron chi connectivity index (χ3n) is 5.43. The molecule has 1 aromatic heterocycles. The molecular weight excluding hydrogens is 362 g/mol. The molecule has 0 radical (unpaired) electrons. The standard InChI is InChI=1S/C24H21N3O2/c1-16-12-13-21(24(29)27(16)19-9-4-6-17(14-19)15-25)23(28)26-22-11-5-8-18-7-2-3-10-20(18)22/h2-4,6-7,9-10,12-14,22H,5,8,11H2,1H3,(H,26,28). The third kappa shape index (κ3) is 3.57. The van der Waals surface area contributed by atoms with Gasteiger partial charge >= 0.3 is 0 Å². The van der Waals surface area contributed by atoms with Crippen molar-refractivity contribution in [1.29, 1.82) is 5.26 Å². The molecular formula is C24H21N3O2. The molecule has 5 nitrogen and oxygen atoms in total. The average Bonchev–Trinajstić information content (AvgIpc) is 2.74. The fraction of sp³-hybridized carbons (Fsp3) is 0.208. The summed E-state index contributed by atoms with van der Waals surface area (Å²) >= 11 is 0. The predicted octanol–water partition coefficient (Wildman–Crippen LogP) is 3.83. The molecule has 0 saturated carbocycles. The predicted molar refractivity (Wildman–Crippen MR) is 111 cm³/mol. The number of hydrogen-bond donors (Lipinski definition) is 1. The molecule has 1 amide bonds. The number of nitriles is 1. The number of benzene rings is 2. The number of aromatic nitrogens is 1. The molecule has 2 aromatic carbocycles. The van der Waals surface area contributed by atoms with Gasteiger partial charge < -0.3 is 5.32 Å². The Labute approximate surface area is 169 Å². The zero-order valence-electron chi connectivity index (χ0n) is 16.2. The van der Waals surface area contributed by atoms with Crippen LogP contribution in [0.2, 0.25) is 0 Å². The summed E-state index contributed by atoms with van der Waals surface area (Å²) in [6.45, 7) is 1.81. The van der Waals surface area contributed by atoms with Crippen molar-refractivity contribution >= 4 is 5.91 Å². The summed E-state index contributed by atoms with van der Waals surface area (Å²) in [7, 11) is 0. The van der Waals surface area contributed by atoms with Crippen molar-refractivity contribution in [2.24, 2.45) is 0 Å². The third-order valence-corrected chi connectivity index (χ3v) is 5.43. The van der Waals surface area contributed by atoms with Crippen molar-refractivity contribution in [2.45, 2.75) is 32.2 Å². The molecule has 1 aliphatic carbocycles. The van der Waals surface area contributed by atoms with E-state index in [9.17, 15) is 9.59 Å². The van der Waals surface area contributed by atoms with Gasteiger partial charge in [-0.3, -0.25) is 14.2 Å². The largest absolute Gasteiger partial charge is 0.345 e. The second kappa shape index (κ2) is 7.76. The summed E-state index contributed by atoms with van der Waals surface area (Å²) in [5.74, 6) is -0.373. The number of aryl methyl sites for hydroxylation is 2. The van der Waals surface area contributed by atoms with E-state index >= 15 is 0 Å². The Morgan fingerprint density at radius 1 is 1.14 bits per heavy atom. The molecule has 0 saturated heterocycles. The molecule has 144 valence electrons. The van der Waals surface area contributed by atoms with Gasteiger partial charge in [-0.05, 0) is 67.6 Å². The first-order chi connectivity index (χ1) is 14.1. The summed E-state index contributed by atoms with van der Waals surface area (Å²) in [5.41, 5.74) is 3.82. The Morgan fingerprint density at radius 2 is 1.97 bits per heavy atom. The first-order valence-corrected chi connectivity index (χ1v) is 9.70. The summed E-state index contributed by atoms with van der Waals surface area (Å²) in [5, 5.41) is 12.2. The zero-order valence-corrected chi connectivity index (χ0v) is 16.2.